The van der Waals surface area contributed by atoms with Gasteiger partial charge in [-0.3, -0.25) is 29.1 Å². The number of azo groups is 1. The number of nitriles is 1. The number of benzene rings is 2. The van der Waals surface area contributed by atoms with Crippen molar-refractivity contribution >= 4 is 28.8 Å². The lowest BCUT2D eigenvalue weighted by atomic mass is 10.1. The Balaban J connectivity index is 1.77. The molecule has 3 rings (SSSR count). The summed E-state index contributed by atoms with van der Waals surface area (Å²) < 4.78 is 5.86. The molecular formula is C26H23N5O7. The molecule has 0 atom stereocenters. The van der Waals surface area contributed by atoms with E-state index in [1.165, 1.54) is 19.1 Å². The number of rotatable bonds is 10. The van der Waals surface area contributed by atoms with E-state index in [0.717, 1.165) is 4.57 Å². The van der Waals surface area contributed by atoms with Gasteiger partial charge in [0.1, 0.15) is 11.6 Å². The predicted octanol–water partition coefficient (Wildman–Crippen LogP) is 4.57. The van der Waals surface area contributed by atoms with Crippen molar-refractivity contribution in [3.63, 3.8) is 0 Å². The van der Waals surface area contributed by atoms with Gasteiger partial charge in [0.2, 0.25) is 5.88 Å². The third-order valence-corrected chi connectivity index (χ3v) is 5.58. The molecule has 1 heterocycles. The number of ketones is 1. The van der Waals surface area contributed by atoms with E-state index in [4.69, 9.17) is 4.74 Å². The van der Waals surface area contributed by atoms with Crippen LogP contribution in [0, 0.1) is 35.3 Å². The second-order valence-corrected chi connectivity index (χ2v) is 8.24. The lowest BCUT2D eigenvalue weighted by Crippen LogP contribution is -2.24. The number of aryl methyl sites for hydroxylation is 1. The predicted molar refractivity (Wildman–Crippen MR) is 135 cm³/mol. The number of nitrogens with zero attached hydrogens (tertiary/aromatic N) is 5. The molecule has 0 saturated carbocycles. The summed E-state index contributed by atoms with van der Waals surface area (Å²) in [6.07, 6.45) is -0.129. The zero-order valence-corrected chi connectivity index (χ0v) is 20.6. The van der Waals surface area contributed by atoms with Gasteiger partial charge in [-0.1, -0.05) is 36.4 Å². The summed E-state index contributed by atoms with van der Waals surface area (Å²) in [7, 11) is 0. The highest BCUT2D eigenvalue weighted by Crippen LogP contribution is 2.35. The Hall–Kier alpha value is -5.18. The average Bonchev–Trinajstić information content (AvgIpc) is 2.90. The summed E-state index contributed by atoms with van der Waals surface area (Å²) in [5.74, 6) is -1.66. The van der Waals surface area contributed by atoms with Crippen LogP contribution in [0.4, 0.5) is 17.1 Å². The molecule has 1 N–H and O–H groups in total. The Labute approximate surface area is 216 Å². The Kier molecular flexibility index (Phi) is 8.78. The summed E-state index contributed by atoms with van der Waals surface area (Å²) in [5, 5.41) is 39.4. The number of Topliss-reactive ketones (excluding diaryl/α,β-unsaturated/α-hetero) is 1. The molecule has 0 saturated heterocycles. The van der Waals surface area contributed by atoms with Gasteiger partial charge in [-0.2, -0.15) is 5.26 Å². The maximum absolute atomic E-state index is 12.8. The zero-order chi connectivity index (χ0) is 27.8. The highest BCUT2D eigenvalue weighted by Gasteiger charge is 2.20. The molecule has 0 spiro atoms. The highest BCUT2D eigenvalue weighted by atomic mass is 16.6. The number of carbonyl (C=O) groups excluding carboxylic acids is 2. The molecule has 0 aliphatic rings. The van der Waals surface area contributed by atoms with Crippen LogP contribution < -0.4 is 5.56 Å². The number of hydrogen-bond donors (Lipinski definition) is 1. The molecule has 194 valence electrons. The van der Waals surface area contributed by atoms with Crippen LogP contribution in [-0.4, -0.2) is 33.0 Å². The Morgan fingerprint density at radius 3 is 2.53 bits per heavy atom. The van der Waals surface area contributed by atoms with Gasteiger partial charge in [0, 0.05) is 30.2 Å². The van der Waals surface area contributed by atoms with Gasteiger partial charge in [0.15, 0.2) is 23.8 Å². The minimum atomic E-state index is -0.796. The molecule has 3 aromatic rings. The molecular weight excluding hydrogens is 494 g/mol. The molecule has 0 amide bonds. The Morgan fingerprint density at radius 2 is 1.87 bits per heavy atom. The topological polar surface area (TPSA) is 177 Å². The SMILES string of the molecule is Cc1ccc(/N=N/c2c(C)c(C#N)c(=O)n(CCCC(=O)OCC(=O)c3ccccc3)c2O)c([N+](=O)[O-])c1. The van der Waals surface area contributed by atoms with Gasteiger partial charge < -0.3 is 9.84 Å². The Morgan fingerprint density at radius 1 is 1.16 bits per heavy atom. The van der Waals surface area contributed by atoms with Crippen molar-refractivity contribution in [2.75, 3.05) is 6.61 Å². The third-order valence-electron chi connectivity index (χ3n) is 5.58. The van der Waals surface area contributed by atoms with E-state index in [2.05, 4.69) is 10.2 Å². The van der Waals surface area contributed by atoms with E-state index in [1.807, 2.05) is 0 Å². The van der Waals surface area contributed by atoms with Crippen molar-refractivity contribution < 1.29 is 24.4 Å². The molecule has 12 heteroatoms. The molecule has 1 aromatic heterocycles. The molecule has 38 heavy (non-hydrogen) atoms. The van der Waals surface area contributed by atoms with Crippen LogP contribution in [0.3, 0.4) is 0 Å². The normalized spacial score (nSPS) is 10.8. The van der Waals surface area contributed by atoms with Crippen LogP contribution in [0.1, 0.15) is 39.9 Å². The lowest BCUT2D eigenvalue weighted by Gasteiger charge is -2.13. The van der Waals surface area contributed by atoms with E-state index in [1.54, 1.807) is 49.4 Å². The number of aromatic hydroxyl groups is 1. The fourth-order valence-corrected chi connectivity index (χ4v) is 3.54. The maximum atomic E-state index is 12.8. The zero-order valence-electron chi connectivity index (χ0n) is 20.6. The van der Waals surface area contributed by atoms with Crippen LogP contribution in [0.2, 0.25) is 0 Å². The van der Waals surface area contributed by atoms with Gasteiger partial charge >= 0.3 is 5.97 Å². The number of esters is 1. The molecule has 0 aliphatic carbocycles. The van der Waals surface area contributed by atoms with E-state index < -0.39 is 28.9 Å². The molecule has 0 bridgehead atoms. The van der Waals surface area contributed by atoms with Crippen molar-refractivity contribution in [1.82, 2.24) is 4.57 Å². The number of hydrogen-bond acceptors (Lipinski definition) is 10. The molecule has 0 unspecified atom stereocenters. The molecule has 12 nitrogen and oxygen atoms in total. The first-order chi connectivity index (χ1) is 18.1. The number of pyridine rings is 1. The quantitative estimate of drug-likeness (QED) is 0.134. The number of nitro groups is 1. The molecule has 0 fully saturated rings. The van der Waals surface area contributed by atoms with Crippen molar-refractivity contribution in [2.24, 2.45) is 10.2 Å². The first kappa shape index (κ1) is 27.4. The smallest absolute Gasteiger partial charge is 0.306 e. The summed E-state index contributed by atoms with van der Waals surface area (Å²) >= 11 is 0. The third kappa shape index (κ3) is 6.33. The van der Waals surface area contributed by atoms with E-state index in [0.29, 0.717) is 11.1 Å². The summed E-state index contributed by atoms with van der Waals surface area (Å²) in [5.41, 5.74) is -0.610. The van der Waals surface area contributed by atoms with Crippen LogP contribution in [0.5, 0.6) is 5.88 Å². The molecule has 0 aliphatic heterocycles. The average molecular weight is 517 g/mol. The van der Waals surface area contributed by atoms with Crippen molar-refractivity contribution in [2.45, 2.75) is 33.2 Å². The van der Waals surface area contributed by atoms with Gasteiger partial charge in [0.25, 0.3) is 11.2 Å². The van der Waals surface area contributed by atoms with Crippen LogP contribution >= 0.6 is 0 Å². The fourth-order valence-electron chi connectivity index (χ4n) is 3.54. The standard InChI is InChI=1S/C26H23N5O7/c1-16-10-11-20(21(13-16)31(36)37)28-29-24-17(2)19(14-27)25(34)30(26(24)35)12-6-9-23(33)38-15-22(32)18-7-4-3-5-8-18/h3-5,7-8,10-11,13,35H,6,9,12,15H2,1-2H3/b29-28+. The van der Waals surface area contributed by atoms with Crippen molar-refractivity contribution in [3.8, 4) is 11.9 Å². The van der Waals surface area contributed by atoms with E-state index in [9.17, 15) is 34.9 Å². The maximum Gasteiger partial charge on any atom is 0.306 e. The van der Waals surface area contributed by atoms with Crippen molar-refractivity contribution in [3.05, 3.63) is 91.3 Å². The first-order valence-corrected chi connectivity index (χ1v) is 11.4. The van der Waals surface area contributed by atoms with Crippen LogP contribution in [0.25, 0.3) is 0 Å². The van der Waals surface area contributed by atoms with Gasteiger partial charge in [-0.05, 0) is 31.9 Å². The van der Waals surface area contributed by atoms with Crippen molar-refractivity contribution in [1.29, 1.82) is 5.26 Å². The highest BCUT2D eigenvalue weighted by molar-refractivity contribution is 5.97. The van der Waals surface area contributed by atoms with Gasteiger partial charge in [-0.15, -0.1) is 10.2 Å². The van der Waals surface area contributed by atoms with Gasteiger partial charge in [-0.25, -0.2) is 0 Å². The minimum Gasteiger partial charge on any atom is -0.493 e. The van der Waals surface area contributed by atoms with Crippen LogP contribution in [-0.2, 0) is 16.1 Å². The summed E-state index contributed by atoms with van der Waals surface area (Å²) in [6.45, 7) is 2.46. The number of nitro benzene ring substituents is 1. The molecule has 2 aromatic carbocycles. The van der Waals surface area contributed by atoms with E-state index in [-0.39, 0.29) is 53.4 Å². The van der Waals surface area contributed by atoms with Gasteiger partial charge in [0.05, 0.1) is 4.92 Å². The number of carbonyl (C=O) groups is 2. The number of ether oxygens (including phenoxy) is 1. The number of aromatic nitrogens is 1. The largest absolute Gasteiger partial charge is 0.493 e. The second-order valence-electron chi connectivity index (χ2n) is 8.24. The minimum absolute atomic E-state index is 0.0414. The summed E-state index contributed by atoms with van der Waals surface area (Å²) in [4.78, 5) is 47.6. The van der Waals surface area contributed by atoms with Crippen LogP contribution in [0.15, 0.2) is 63.6 Å². The summed E-state index contributed by atoms with van der Waals surface area (Å²) in [6, 6.07) is 14.4. The Bertz CT molecular complexity index is 1520. The monoisotopic (exact) mass is 517 g/mol. The van der Waals surface area contributed by atoms with E-state index >= 15 is 0 Å². The first-order valence-electron chi connectivity index (χ1n) is 11.4. The molecule has 0 radical (unpaired) electrons. The second kappa shape index (κ2) is 12.2. The lowest BCUT2D eigenvalue weighted by molar-refractivity contribution is -0.384. The fraction of sp³-hybridized carbons (Fsp3) is 0.231.